The molecule has 0 fully saturated rings. The maximum absolute atomic E-state index is 12.2. The van der Waals surface area contributed by atoms with E-state index in [0.717, 1.165) is 16.8 Å². The lowest BCUT2D eigenvalue weighted by Gasteiger charge is -2.21. The van der Waals surface area contributed by atoms with Crippen LogP contribution < -0.4 is 0 Å². The summed E-state index contributed by atoms with van der Waals surface area (Å²) in [5.74, 6) is 0.166. The molecule has 0 spiro atoms. The van der Waals surface area contributed by atoms with Gasteiger partial charge in [0.15, 0.2) is 0 Å². The molecule has 1 amide bonds. The SMILES string of the molecule is Cc1ccc(C2CC(C3=CC=CC(C)C=C3)=NN2C(=O)CCl)cc1. The molecule has 0 saturated carbocycles. The number of hydrogen-bond acceptors (Lipinski definition) is 2. The zero-order chi connectivity index (χ0) is 17.1. The van der Waals surface area contributed by atoms with Gasteiger partial charge in [-0.3, -0.25) is 4.79 Å². The molecule has 4 heteroatoms. The lowest BCUT2D eigenvalue weighted by Crippen LogP contribution is -2.27. The molecule has 1 aliphatic heterocycles. The molecule has 2 unspecified atom stereocenters. The summed E-state index contributed by atoms with van der Waals surface area (Å²) >= 11 is 5.79. The van der Waals surface area contributed by atoms with Crippen molar-refractivity contribution in [3.05, 3.63) is 71.3 Å². The maximum Gasteiger partial charge on any atom is 0.258 e. The van der Waals surface area contributed by atoms with Gasteiger partial charge in [0.25, 0.3) is 5.91 Å². The minimum absolute atomic E-state index is 0.0645. The minimum atomic E-state index is -0.167. The van der Waals surface area contributed by atoms with Gasteiger partial charge in [0.05, 0.1) is 11.8 Å². The Kier molecular flexibility index (Phi) is 5.00. The van der Waals surface area contributed by atoms with E-state index in [2.05, 4.69) is 73.6 Å². The molecule has 1 aliphatic carbocycles. The molecule has 0 bridgehead atoms. The van der Waals surface area contributed by atoms with E-state index in [-0.39, 0.29) is 17.8 Å². The van der Waals surface area contributed by atoms with Crippen molar-refractivity contribution < 1.29 is 4.79 Å². The van der Waals surface area contributed by atoms with Gasteiger partial charge in [0.2, 0.25) is 0 Å². The summed E-state index contributed by atoms with van der Waals surface area (Å²) in [6.07, 6.45) is 11.2. The third-order valence-electron chi connectivity index (χ3n) is 4.35. The van der Waals surface area contributed by atoms with Crippen molar-refractivity contribution in [1.82, 2.24) is 5.01 Å². The van der Waals surface area contributed by atoms with Crippen LogP contribution >= 0.6 is 11.6 Å². The smallest absolute Gasteiger partial charge is 0.258 e. The Balaban J connectivity index is 1.91. The normalized spacial score (nSPS) is 23.0. The Morgan fingerprint density at radius 3 is 2.75 bits per heavy atom. The third kappa shape index (κ3) is 3.51. The molecule has 0 N–H and O–H groups in total. The standard InChI is InChI=1S/C20H21ClN2O/c1-14-4-3-5-16(9-6-14)18-12-19(23(22-18)20(24)13-21)17-10-7-15(2)8-11-17/h3-11,14,19H,12-13H2,1-2H3. The summed E-state index contributed by atoms with van der Waals surface area (Å²) in [4.78, 5) is 12.2. The highest BCUT2D eigenvalue weighted by atomic mass is 35.5. The number of nitrogens with zero attached hydrogens (tertiary/aromatic N) is 2. The van der Waals surface area contributed by atoms with E-state index in [1.54, 1.807) is 5.01 Å². The fraction of sp³-hybridized carbons (Fsp3) is 0.300. The molecule has 3 nitrogen and oxygen atoms in total. The molecule has 1 aromatic rings. The molecule has 24 heavy (non-hydrogen) atoms. The van der Waals surface area contributed by atoms with Crippen molar-refractivity contribution in [3.63, 3.8) is 0 Å². The zero-order valence-corrected chi connectivity index (χ0v) is 14.7. The second kappa shape index (κ2) is 7.18. The first kappa shape index (κ1) is 16.7. The van der Waals surface area contributed by atoms with Crippen LogP contribution in [0.25, 0.3) is 0 Å². The zero-order valence-electron chi connectivity index (χ0n) is 13.9. The van der Waals surface area contributed by atoms with Crippen LogP contribution in [0.15, 0.2) is 65.3 Å². The quantitative estimate of drug-likeness (QED) is 0.743. The number of halogens is 1. The number of hydrogen-bond donors (Lipinski definition) is 0. The van der Waals surface area contributed by atoms with Gasteiger partial charge in [-0.1, -0.05) is 67.1 Å². The van der Waals surface area contributed by atoms with Crippen molar-refractivity contribution in [1.29, 1.82) is 0 Å². The van der Waals surface area contributed by atoms with Gasteiger partial charge in [-0.15, -0.1) is 11.6 Å². The largest absolute Gasteiger partial charge is 0.272 e. The van der Waals surface area contributed by atoms with E-state index < -0.39 is 0 Å². The van der Waals surface area contributed by atoms with Crippen LogP contribution in [0.4, 0.5) is 0 Å². The number of rotatable bonds is 3. The topological polar surface area (TPSA) is 32.7 Å². The lowest BCUT2D eigenvalue weighted by atomic mass is 9.97. The highest BCUT2D eigenvalue weighted by molar-refractivity contribution is 6.27. The van der Waals surface area contributed by atoms with Crippen molar-refractivity contribution >= 4 is 23.2 Å². The molecule has 2 atom stereocenters. The van der Waals surface area contributed by atoms with Crippen molar-refractivity contribution in [2.45, 2.75) is 26.3 Å². The predicted octanol–water partition coefficient (Wildman–Crippen LogP) is 4.55. The molecular formula is C20H21ClN2O. The number of allylic oxidation sites excluding steroid dienone is 6. The Bertz CT molecular complexity index is 743. The van der Waals surface area contributed by atoms with Crippen LogP contribution in [0.5, 0.6) is 0 Å². The van der Waals surface area contributed by atoms with Crippen molar-refractivity contribution in [2.75, 3.05) is 5.88 Å². The number of hydrazone groups is 1. The van der Waals surface area contributed by atoms with E-state index in [4.69, 9.17) is 11.6 Å². The fourth-order valence-corrected chi connectivity index (χ4v) is 3.05. The van der Waals surface area contributed by atoms with Crippen LogP contribution in [0.1, 0.15) is 30.5 Å². The number of aryl methyl sites for hydroxylation is 1. The average Bonchev–Trinajstić information content (AvgIpc) is 2.91. The van der Waals surface area contributed by atoms with Crippen LogP contribution in [0.3, 0.4) is 0 Å². The molecule has 0 aromatic heterocycles. The van der Waals surface area contributed by atoms with Gasteiger partial charge in [-0.2, -0.15) is 5.10 Å². The highest BCUT2D eigenvalue weighted by Gasteiger charge is 2.32. The number of benzene rings is 1. The summed E-state index contributed by atoms with van der Waals surface area (Å²) in [5.41, 5.74) is 4.26. The number of alkyl halides is 1. The Hall–Kier alpha value is -2.13. The summed E-state index contributed by atoms with van der Waals surface area (Å²) in [6.45, 7) is 4.19. The fourth-order valence-electron chi connectivity index (χ4n) is 2.93. The van der Waals surface area contributed by atoms with Gasteiger partial charge < -0.3 is 0 Å². The number of carbonyl (C=O) groups is 1. The van der Waals surface area contributed by atoms with Gasteiger partial charge in [0.1, 0.15) is 5.88 Å². The Morgan fingerprint density at radius 2 is 2.04 bits per heavy atom. The maximum atomic E-state index is 12.2. The highest BCUT2D eigenvalue weighted by Crippen LogP contribution is 2.33. The summed E-state index contributed by atoms with van der Waals surface area (Å²) in [5, 5.41) is 6.13. The number of amides is 1. The van der Waals surface area contributed by atoms with E-state index in [1.807, 2.05) is 0 Å². The van der Waals surface area contributed by atoms with Crippen molar-refractivity contribution in [2.24, 2.45) is 11.0 Å². The average molecular weight is 341 g/mol. The first-order chi connectivity index (χ1) is 11.6. The van der Waals surface area contributed by atoms with Gasteiger partial charge in [-0.05, 0) is 24.0 Å². The molecule has 2 aliphatic rings. The second-order valence-corrected chi connectivity index (χ2v) is 6.54. The van der Waals surface area contributed by atoms with Gasteiger partial charge in [-0.25, -0.2) is 5.01 Å². The van der Waals surface area contributed by atoms with Gasteiger partial charge >= 0.3 is 0 Å². The molecular weight excluding hydrogens is 320 g/mol. The lowest BCUT2D eigenvalue weighted by molar-refractivity contribution is -0.130. The van der Waals surface area contributed by atoms with Crippen LogP contribution in [0.2, 0.25) is 0 Å². The van der Waals surface area contributed by atoms with Crippen LogP contribution in [-0.4, -0.2) is 22.5 Å². The Morgan fingerprint density at radius 1 is 1.29 bits per heavy atom. The van der Waals surface area contributed by atoms with E-state index in [0.29, 0.717) is 12.3 Å². The number of carbonyl (C=O) groups excluding carboxylic acids is 1. The van der Waals surface area contributed by atoms with Crippen molar-refractivity contribution in [3.8, 4) is 0 Å². The molecule has 0 saturated heterocycles. The Labute approximate surface area is 148 Å². The molecule has 0 radical (unpaired) electrons. The summed E-state index contributed by atoms with van der Waals surface area (Å²) in [6, 6.07) is 8.15. The molecule has 124 valence electrons. The second-order valence-electron chi connectivity index (χ2n) is 6.27. The van der Waals surface area contributed by atoms with Gasteiger partial charge in [0, 0.05) is 6.42 Å². The monoisotopic (exact) mass is 340 g/mol. The third-order valence-corrected chi connectivity index (χ3v) is 4.57. The van der Waals surface area contributed by atoms with E-state index in [9.17, 15) is 4.79 Å². The molecule has 1 heterocycles. The van der Waals surface area contributed by atoms with Crippen LogP contribution in [0, 0.1) is 12.8 Å². The van der Waals surface area contributed by atoms with Crippen LogP contribution in [-0.2, 0) is 4.79 Å². The summed E-state index contributed by atoms with van der Waals surface area (Å²) < 4.78 is 0. The summed E-state index contributed by atoms with van der Waals surface area (Å²) in [7, 11) is 0. The van der Waals surface area contributed by atoms with E-state index in [1.165, 1.54) is 5.56 Å². The first-order valence-corrected chi connectivity index (χ1v) is 8.71. The first-order valence-electron chi connectivity index (χ1n) is 8.17. The minimum Gasteiger partial charge on any atom is -0.272 e. The molecule has 1 aromatic carbocycles. The van der Waals surface area contributed by atoms with E-state index >= 15 is 0 Å². The molecule has 3 rings (SSSR count). The predicted molar refractivity (Wildman–Crippen MR) is 99.1 cm³/mol.